The molecule has 0 aliphatic heterocycles. The smallest absolute Gasteiger partial charge is 0.408 e. The van der Waals surface area contributed by atoms with Crippen LogP contribution < -0.4 is 5.32 Å². The SMILES string of the molecule is CC(=O)C(NC(=O)OCc1ccccc1)C1CCC(F)(F)CC1. The first-order chi connectivity index (χ1) is 10.9. The normalized spacial score (nSPS) is 18.9. The Hall–Kier alpha value is -1.98. The van der Waals surface area contributed by atoms with Gasteiger partial charge in [-0.2, -0.15) is 0 Å². The number of amides is 1. The number of alkyl halides is 2. The molecule has 0 spiro atoms. The van der Waals surface area contributed by atoms with Crippen LogP contribution in [-0.4, -0.2) is 23.8 Å². The second kappa shape index (κ2) is 7.53. The van der Waals surface area contributed by atoms with Gasteiger partial charge in [0.15, 0.2) is 5.78 Å². The third-order valence-electron chi connectivity index (χ3n) is 4.16. The van der Waals surface area contributed by atoms with Crippen molar-refractivity contribution in [2.24, 2.45) is 5.92 Å². The maximum atomic E-state index is 13.2. The quantitative estimate of drug-likeness (QED) is 0.898. The summed E-state index contributed by atoms with van der Waals surface area (Å²) < 4.78 is 31.5. The van der Waals surface area contributed by atoms with Gasteiger partial charge in [-0.25, -0.2) is 13.6 Å². The third kappa shape index (κ3) is 5.30. The summed E-state index contributed by atoms with van der Waals surface area (Å²) in [5, 5.41) is 2.53. The first-order valence-electron chi connectivity index (χ1n) is 7.73. The lowest BCUT2D eigenvalue weighted by molar-refractivity contribution is -0.121. The minimum Gasteiger partial charge on any atom is -0.445 e. The van der Waals surface area contributed by atoms with Crippen LogP contribution >= 0.6 is 0 Å². The summed E-state index contributed by atoms with van der Waals surface area (Å²) in [7, 11) is 0. The predicted octanol–water partition coefficient (Wildman–Crippen LogP) is 3.70. The van der Waals surface area contributed by atoms with Crippen molar-refractivity contribution in [2.45, 2.75) is 51.2 Å². The molecule has 1 aliphatic carbocycles. The fourth-order valence-electron chi connectivity index (χ4n) is 2.84. The van der Waals surface area contributed by atoms with Gasteiger partial charge in [0.1, 0.15) is 6.61 Å². The summed E-state index contributed by atoms with van der Waals surface area (Å²) in [5.74, 6) is -3.17. The van der Waals surface area contributed by atoms with Crippen molar-refractivity contribution in [3.8, 4) is 0 Å². The number of benzene rings is 1. The minimum atomic E-state index is -2.66. The van der Waals surface area contributed by atoms with Crippen molar-refractivity contribution >= 4 is 11.9 Å². The Morgan fingerprint density at radius 2 is 1.87 bits per heavy atom. The molecule has 0 saturated heterocycles. The Bertz CT molecular complexity index is 538. The summed E-state index contributed by atoms with van der Waals surface area (Å²) in [6.45, 7) is 1.45. The summed E-state index contributed by atoms with van der Waals surface area (Å²) in [6.07, 6.45) is -0.761. The number of carbonyl (C=O) groups excluding carboxylic acids is 2. The van der Waals surface area contributed by atoms with Gasteiger partial charge in [-0.05, 0) is 31.2 Å². The van der Waals surface area contributed by atoms with Gasteiger partial charge >= 0.3 is 6.09 Å². The molecule has 1 aliphatic rings. The number of ether oxygens (including phenoxy) is 1. The number of Topliss-reactive ketones (excluding diaryl/α,β-unsaturated/α-hetero) is 1. The molecule has 1 fully saturated rings. The topological polar surface area (TPSA) is 55.4 Å². The Labute approximate surface area is 134 Å². The van der Waals surface area contributed by atoms with Crippen LogP contribution in [0.15, 0.2) is 30.3 Å². The molecule has 0 radical (unpaired) electrons. The minimum absolute atomic E-state index is 0.0973. The van der Waals surface area contributed by atoms with Crippen molar-refractivity contribution < 1.29 is 23.1 Å². The standard InChI is InChI=1S/C17H21F2NO3/c1-12(21)15(14-7-9-17(18,19)10-8-14)20-16(22)23-11-13-5-3-2-4-6-13/h2-6,14-15H,7-11H2,1H3,(H,20,22). The van der Waals surface area contributed by atoms with Crippen molar-refractivity contribution in [1.29, 1.82) is 0 Å². The van der Waals surface area contributed by atoms with Crippen LogP contribution in [0.3, 0.4) is 0 Å². The average molecular weight is 325 g/mol. The van der Waals surface area contributed by atoms with Crippen LogP contribution in [0.2, 0.25) is 0 Å². The number of hydrogen-bond donors (Lipinski definition) is 1. The van der Waals surface area contributed by atoms with Gasteiger partial charge in [-0.1, -0.05) is 30.3 Å². The molecule has 23 heavy (non-hydrogen) atoms. The van der Waals surface area contributed by atoms with Gasteiger partial charge in [0, 0.05) is 12.8 Å². The van der Waals surface area contributed by atoms with Gasteiger partial charge < -0.3 is 10.1 Å². The summed E-state index contributed by atoms with van der Waals surface area (Å²) in [5.41, 5.74) is 0.833. The summed E-state index contributed by atoms with van der Waals surface area (Å²) in [4.78, 5) is 23.6. The summed E-state index contributed by atoms with van der Waals surface area (Å²) >= 11 is 0. The molecular formula is C17H21F2NO3. The first-order valence-corrected chi connectivity index (χ1v) is 7.73. The van der Waals surface area contributed by atoms with Crippen LogP contribution in [0.1, 0.15) is 38.2 Å². The molecule has 126 valence electrons. The van der Waals surface area contributed by atoms with Gasteiger partial charge in [-0.15, -0.1) is 0 Å². The molecule has 1 amide bonds. The highest BCUT2D eigenvalue weighted by Crippen LogP contribution is 2.37. The van der Waals surface area contributed by atoms with Crippen molar-refractivity contribution in [1.82, 2.24) is 5.32 Å². The fourth-order valence-corrected chi connectivity index (χ4v) is 2.84. The van der Waals surface area contributed by atoms with E-state index in [-0.39, 0.29) is 44.0 Å². The lowest BCUT2D eigenvalue weighted by Crippen LogP contribution is -2.47. The highest BCUT2D eigenvalue weighted by molar-refractivity contribution is 5.85. The lowest BCUT2D eigenvalue weighted by atomic mass is 9.81. The van der Waals surface area contributed by atoms with E-state index in [1.807, 2.05) is 30.3 Å². The molecule has 0 aromatic heterocycles. The molecule has 1 unspecified atom stereocenters. The molecular weight excluding hydrogens is 304 g/mol. The molecule has 1 aromatic rings. The average Bonchev–Trinajstić information content (AvgIpc) is 2.52. The van der Waals surface area contributed by atoms with E-state index in [2.05, 4.69) is 5.32 Å². The van der Waals surface area contributed by atoms with E-state index in [4.69, 9.17) is 4.74 Å². The molecule has 6 heteroatoms. The second-order valence-corrected chi connectivity index (χ2v) is 5.99. The zero-order valence-electron chi connectivity index (χ0n) is 13.1. The van der Waals surface area contributed by atoms with Gasteiger partial charge in [0.2, 0.25) is 5.92 Å². The van der Waals surface area contributed by atoms with E-state index in [0.717, 1.165) is 5.56 Å². The molecule has 1 atom stereocenters. The Balaban J connectivity index is 1.87. The third-order valence-corrected chi connectivity index (χ3v) is 4.16. The zero-order chi connectivity index (χ0) is 16.9. The van der Waals surface area contributed by atoms with E-state index < -0.39 is 18.1 Å². The summed E-state index contributed by atoms with van der Waals surface area (Å²) in [6, 6.07) is 8.38. The number of nitrogens with one attached hydrogen (secondary N) is 1. The molecule has 2 rings (SSSR count). The van der Waals surface area contributed by atoms with Crippen molar-refractivity contribution in [3.63, 3.8) is 0 Å². The molecule has 4 nitrogen and oxygen atoms in total. The number of hydrogen-bond acceptors (Lipinski definition) is 3. The maximum Gasteiger partial charge on any atom is 0.408 e. The van der Waals surface area contributed by atoms with Crippen molar-refractivity contribution in [2.75, 3.05) is 0 Å². The van der Waals surface area contributed by atoms with Crippen LogP contribution in [0.5, 0.6) is 0 Å². The predicted molar refractivity (Wildman–Crippen MR) is 81.1 cm³/mol. The van der Waals surface area contributed by atoms with Crippen molar-refractivity contribution in [3.05, 3.63) is 35.9 Å². The number of halogens is 2. The van der Waals surface area contributed by atoms with E-state index in [1.54, 1.807) is 0 Å². The molecule has 1 saturated carbocycles. The van der Waals surface area contributed by atoms with Crippen LogP contribution in [0, 0.1) is 5.92 Å². The molecule has 0 heterocycles. The van der Waals surface area contributed by atoms with E-state index in [1.165, 1.54) is 6.92 Å². The highest BCUT2D eigenvalue weighted by Gasteiger charge is 2.39. The molecule has 1 N–H and O–H groups in total. The maximum absolute atomic E-state index is 13.2. The largest absolute Gasteiger partial charge is 0.445 e. The fraction of sp³-hybridized carbons (Fsp3) is 0.529. The Morgan fingerprint density at radius 3 is 2.43 bits per heavy atom. The monoisotopic (exact) mass is 325 g/mol. The zero-order valence-corrected chi connectivity index (χ0v) is 13.1. The lowest BCUT2D eigenvalue weighted by Gasteiger charge is -2.32. The number of ketones is 1. The molecule has 1 aromatic carbocycles. The van der Waals surface area contributed by atoms with E-state index >= 15 is 0 Å². The number of alkyl carbamates (subject to hydrolysis) is 1. The van der Waals surface area contributed by atoms with Crippen LogP contribution in [0.4, 0.5) is 13.6 Å². The van der Waals surface area contributed by atoms with E-state index in [0.29, 0.717) is 0 Å². The van der Waals surface area contributed by atoms with E-state index in [9.17, 15) is 18.4 Å². The van der Waals surface area contributed by atoms with Gasteiger partial charge in [0.05, 0.1) is 6.04 Å². The second-order valence-electron chi connectivity index (χ2n) is 5.99. The Kier molecular flexibility index (Phi) is 5.69. The van der Waals surface area contributed by atoms with Gasteiger partial charge in [-0.3, -0.25) is 4.79 Å². The highest BCUT2D eigenvalue weighted by atomic mass is 19.3. The number of rotatable bonds is 5. The number of carbonyl (C=O) groups is 2. The Morgan fingerprint density at radius 1 is 1.26 bits per heavy atom. The van der Waals surface area contributed by atoms with Crippen LogP contribution in [0.25, 0.3) is 0 Å². The van der Waals surface area contributed by atoms with Gasteiger partial charge in [0.25, 0.3) is 0 Å². The first kappa shape index (κ1) is 17.4. The molecule has 0 bridgehead atoms. The van der Waals surface area contributed by atoms with Crippen LogP contribution in [-0.2, 0) is 16.1 Å².